The molecular weight excluding hydrogens is 311 g/mol. The highest BCUT2D eigenvalue weighted by Crippen LogP contribution is 2.29. The maximum Gasteiger partial charge on any atom is 0.242 e. The Morgan fingerprint density at radius 3 is 2.38 bits per heavy atom. The Morgan fingerprint density at radius 1 is 1.29 bits per heavy atom. The van der Waals surface area contributed by atoms with E-state index in [4.69, 9.17) is 23.2 Å². The van der Waals surface area contributed by atoms with Crippen LogP contribution in [0.15, 0.2) is 6.07 Å². The molecule has 0 fully saturated rings. The highest BCUT2D eigenvalue weighted by atomic mass is 35.5. The molecular formula is C14H22Cl2N4O. The second-order valence-electron chi connectivity index (χ2n) is 5.78. The van der Waals surface area contributed by atoms with E-state index in [1.54, 1.807) is 13.0 Å². The van der Waals surface area contributed by atoms with Crippen molar-refractivity contribution in [3.8, 4) is 0 Å². The predicted molar refractivity (Wildman–Crippen MR) is 89.4 cm³/mol. The summed E-state index contributed by atoms with van der Waals surface area (Å²) in [5.74, 6) is 0.836. The lowest BCUT2D eigenvalue weighted by atomic mass is 10.1. The first-order valence-corrected chi connectivity index (χ1v) is 7.58. The van der Waals surface area contributed by atoms with Gasteiger partial charge in [-0.15, -0.1) is 0 Å². The van der Waals surface area contributed by atoms with E-state index in [-0.39, 0.29) is 11.4 Å². The van der Waals surface area contributed by atoms with Gasteiger partial charge in [0, 0.05) is 12.1 Å². The first-order valence-electron chi connectivity index (χ1n) is 6.82. The average molecular weight is 333 g/mol. The number of carbonyl (C=O) groups excluding carboxylic acids is 1. The molecule has 0 saturated carbocycles. The number of amides is 1. The van der Waals surface area contributed by atoms with Crippen molar-refractivity contribution in [2.45, 2.75) is 46.2 Å². The summed E-state index contributed by atoms with van der Waals surface area (Å²) in [5, 5.41) is 9.76. The molecule has 1 amide bonds. The molecule has 1 atom stereocenters. The van der Waals surface area contributed by atoms with Gasteiger partial charge >= 0.3 is 0 Å². The largest absolute Gasteiger partial charge is 0.369 e. The Balaban J connectivity index is 2.87. The zero-order valence-electron chi connectivity index (χ0n) is 13.0. The van der Waals surface area contributed by atoms with Gasteiger partial charge in [0.15, 0.2) is 0 Å². The highest BCUT2D eigenvalue weighted by Gasteiger charge is 2.20. The highest BCUT2D eigenvalue weighted by molar-refractivity contribution is 6.37. The monoisotopic (exact) mass is 332 g/mol. The maximum absolute atomic E-state index is 12.1. The summed E-state index contributed by atoms with van der Waals surface area (Å²) in [7, 11) is 0. The van der Waals surface area contributed by atoms with Crippen molar-refractivity contribution in [3.63, 3.8) is 0 Å². The fraction of sp³-hybridized carbons (Fsp3) is 0.571. The molecule has 0 aliphatic carbocycles. The summed E-state index contributed by atoms with van der Waals surface area (Å²) >= 11 is 12.2. The molecule has 1 aromatic rings. The third-order valence-corrected chi connectivity index (χ3v) is 3.09. The SMILES string of the molecule is CCNc1nc(NC(C)C(=O)NC(C)(C)C)c(Cl)cc1Cl. The Labute approximate surface area is 135 Å². The van der Waals surface area contributed by atoms with Crippen molar-refractivity contribution in [2.75, 3.05) is 17.2 Å². The summed E-state index contributed by atoms with van der Waals surface area (Å²) in [6.07, 6.45) is 0. The van der Waals surface area contributed by atoms with E-state index in [9.17, 15) is 4.79 Å². The molecule has 0 aromatic carbocycles. The molecule has 118 valence electrons. The summed E-state index contributed by atoms with van der Waals surface area (Å²) in [6, 6.07) is 1.13. The first-order chi connectivity index (χ1) is 9.64. The molecule has 0 aliphatic heterocycles. The molecule has 0 saturated heterocycles. The van der Waals surface area contributed by atoms with Crippen LogP contribution in [0.2, 0.25) is 10.0 Å². The minimum atomic E-state index is -0.468. The zero-order valence-corrected chi connectivity index (χ0v) is 14.5. The number of hydrogen-bond acceptors (Lipinski definition) is 4. The number of rotatable bonds is 5. The van der Waals surface area contributed by atoms with Gasteiger partial charge in [0.2, 0.25) is 5.91 Å². The lowest BCUT2D eigenvalue weighted by Crippen LogP contribution is -2.47. The normalized spacial score (nSPS) is 12.7. The van der Waals surface area contributed by atoms with Crippen LogP contribution in [0, 0.1) is 0 Å². The standard InChI is InChI=1S/C14H22Cl2N4O/c1-6-17-11-9(15)7-10(16)12(19-11)18-8(2)13(21)20-14(3,4)5/h7-8H,6H2,1-5H3,(H,20,21)(H2,17,18,19). The molecule has 1 aromatic heterocycles. The Hall–Kier alpha value is -1.20. The van der Waals surface area contributed by atoms with Crippen molar-refractivity contribution in [2.24, 2.45) is 0 Å². The number of carbonyl (C=O) groups is 1. The molecule has 1 rings (SSSR count). The first kappa shape index (κ1) is 17.9. The maximum atomic E-state index is 12.1. The fourth-order valence-electron chi connectivity index (χ4n) is 1.61. The minimum Gasteiger partial charge on any atom is -0.369 e. The van der Waals surface area contributed by atoms with Gasteiger partial charge < -0.3 is 16.0 Å². The van der Waals surface area contributed by atoms with Crippen LogP contribution in [-0.4, -0.2) is 29.0 Å². The van der Waals surface area contributed by atoms with Crippen LogP contribution < -0.4 is 16.0 Å². The van der Waals surface area contributed by atoms with E-state index in [2.05, 4.69) is 20.9 Å². The van der Waals surface area contributed by atoms with E-state index in [0.717, 1.165) is 0 Å². The molecule has 0 aliphatic rings. The number of nitrogens with zero attached hydrogens (tertiary/aromatic N) is 1. The van der Waals surface area contributed by atoms with Crippen LogP contribution >= 0.6 is 23.2 Å². The van der Waals surface area contributed by atoms with Gasteiger partial charge in [-0.05, 0) is 40.7 Å². The van der Waals surface area contributed by atoms with Gasteiger partial charge in [0.05, 0.1) is 10.0 Å². The summed E-state index contributed by atoms with van der Waals surface area (Å²) in [4.78, 5) is 16.4. The number of nitrogens with one attached hydrogen (secondary N) is 3. The smallest absolute Gasteiger partial charge is 0.242 e. The van der Waals surface area contributed by atoms with Crippen LogP contribution in [-0.2, 0) is 4.79 Å². The third-order valence-electron chi connectivity index (χ3n) is 2.52. The molecule has 1 unspecified atom stereocenters. The molecule has 7 heteroatoms. The van der Waals surface area contributed by atoms with Gasteiger partial charge in [0.1, 0.15) is 17.7 Å². The number of anilines is 2. The van der Waals surface area contributed by atoms with Crippen LogP contribution in [0.25, 0.3) is 0 Å². The second-order valence-corrected chi connectivity index (χ2v) is 6.60. The average Bonchev–Trinajstić information content (AvgIpc) is 2.33. The molecule has 0 bridgehead atoms. The minimum absolute atomic E-state index is 0.125. The van der Waals surface area contributed by atoms with Crippen molar-refractivity contribution in [3.05, 3.63) is 16.1 Å². The number of aromatic nitrogens is 1. The van der Waals surface area contributed by atoms with E-state index in [0.29, 0.717) is 28.2 Å². The quantitative estimate of drug-likeness (QED) is 0.771. The van der Waals surface area contributed by atoms with Crippen LogP contribution in [0.4, 0.5) is 11.6 Å². The molecule has 1 heterocycles. The molecule has 5 nitrogen and oxygen atoms in total. The van der Waals surface area contributed by atoms with E-state index in [1.165, 1.54) is 0 Å². The Morgan fingerprint density at radius 2 is 1.86 bits per heavy atom. The topological polar surface area (TPSA) is 66.0 Å². The van der Waals surface area contributed by atoms with Gasteiger partial charge in [-0.25, -0.2) is 4.98 Å². The third kappa shape index (κ3) is 5.59. The van der Waals surface area contributed by atoms with E-state index < -0.39 is 6.04 Å². The van der Waals surface area contributed by atoms with Crippen LogP contribution in [0.1, 0.15) is 34.6 Å². The summed E-state index contributed by atoms with van der Waals surface area (Å²) in [5.41, 5.74) is -0.292. The number of hydrogen-bond donors (Lipinski definition) is 3. The van der Waals surface area contributed by atoms with Gasteiger partial charge in [-0.2, -0.15) is 0 Å². The number of pyridine rings is 1. The molecule has 21 heavy (non-hydrogen) atoms. The van der Waals surface area contributed by atoms with E-state index in [1.807, 2.05) is 27.7 Å². The van der Waals surface area contributed by atoms with Crippen molar-refractivity contribution in [1.82, 2.24) is 10.3 Å². The lowest BCUT2D eigenvalue weighted by Gasteiger charge is -2.24. The summed E-state index contributed by atoms with van der Waals surface area (Å²) in [6.45, 7) is 10.2. The summed E-state index contributed by atoms with van der Waals surface area (Å²) < 4.78 is 0. The van der Waals surface area contributed by atoms with Crippen molar-refractivity contribution < 1.29 is 4.79 Å². The van der Waals surface area contributed by atoms with Crippen LogP contribution in [0.3, 0.4) is 0 Å². The molecule has 0 radical (unpaired) electrons. The van der Waals surface area contributed by atoms with Gasteiger partial charge in [-0.1, -0.05) is 23.2 Å². The zero-order chi connectivity index (χ0) is 16.2. The van der Waals surface area contributed by atoms with Crippen LogP contribution in [0.5, 0.6) is 0 Å². The second kappa shape index (κ2) is 7.18. The van der Waals surface area contributed by atoms with E-state index >= 15 is 0 Å². The fourth-order valence-corrected chi connectivity index (χ4v) is 2.09. The lowest BCUT2D eigenvalue weighted by molar-refractivity contribution is -0.122. The number of halogens is 2. The van der Waals surface area contributed by atoms with Gasteiger partial charge in [-0.3, -0.25) is 4.79 Å². The van der Waals surface area contributed by atoms with Crippen molar-refractivity contribution >= 4 is 40.7 Å². The predicted octanol–water partition coefficient (Wildman–Crippen LogP) is 3.54. The molecule has 0 spiro atoms. The Bertz CT molecular complexity index is 514. The Kier molecular flexibility index (Phi) is 6.10. The van der Waals surface area contributed by atoms with Crippen molar-refractivity contribution in [1.29, 1.82) is 0 Å². The van der Waals surface area contributed by atoms with Gasteiger partial charge in [0.25, 0.3) is 0 Å². The molecule has 3 N–H and O–H groups in total.